The minimum absolute atomic E-state index is 0.905. The zero-order valence-electron chi connectivity index (χ0n) is 11.8. The number of benzene rings is 1. The van der Waals surface area contributed by atoms with Crippen LogP contribution in [0.3, 0.4) is 0 Å². The van der Waals surface area contributed by atoms with E-state index in [1.54, 1.807) is 7.11 Å². The molecule has 1 heterocycles. The maximum atomic E-state index is 5.20. The summed E-state index contributed by atoms with van der Waals surface area (Å²) in [5.74, 6) is 0.905. The van der Waals surface area contributed by atoms with Gasteiger partial charge in [0.25, 0.3) is 0 Å². The van der Waals surface area contributed by atoms with Crippen LogP contribution in [0.1, 0.15) is 24.5 Å². The van der Waals surface area contributed by atoms with Gasteiger partial charge in [0.1, 0.15) is 5.75 Å². The lowest BCUT2D eigenvalue weighted by atomic mass is 10.1. The summed E-state index contributed by atoms with van der Waals surface area (Å²) in [6, 6.07) is 8.29. The van der Waals surface area contributed by atoms with Crippen molar-refractivity contribution in [2.75, 3.05) is 13.7 Å². The summed E-state index contributed by atoms with van der Waals surface area (Å²) in [5.41, 5.74) is 4.06. The fourth-order valence-electron chi connectivity index (χ4n) is 2.05. The monoisotopic (exact) mass is 275 g/mol. The molecular formula is C16H21NOS. The molecule has 0 unspecified atom stereocenters. The van der Waals surface area contributed by atoms with Gasteiger partial charge in [0.15, 0.2) is 0 Å². The Labute approximate surface area is 119 Å². The van der Waals surface area contributed by atoms with Crippen molar-refractivity contribution in [3.8, 4) is 16.2 Å². The molecule has 1 aromatic carbocycles. The Morgan fingerprint density at radius 3 is 2.58 bits per heavy atom. The van der Waals surface area contributed by atoms with Crippen LogP contribution in [0.15, 0.2) is 29.6 Å². The van der Waals surface area contributed by atoms with Gasteiger partial charge in [0.05, 0.1) is 7.11 Å². The SMILES string of the molecule is CCCNCc1csc(-c2ccc(OC)cc2)c1C. The second kappa shape index (κ2) is 6.73. The van der Waals surface area contributed by atoms with E-state index in [-0.39, 0.29) is 0 Å². The highest BCUT2D eigenvalue weighted by atomic mass is 32.1. The first-order chi connectivity index (χ1) is 9.26. The Morgan fingerprint density at radius 2 is 1.95 bits per heavy atom. The molecule has 0 amide bonds. The van der Waals surface area contributed by atoms with Crippen LogP contribution in [0.25, 0.3) is 10.4 Å². The third kappa shape index (κ3) is 3.37. The molecule has 0 aliphatic heterocycles. The molecule has 2 rings (SSSR count). The van der Waals surface area contributed by atoms with E-state index >= 15 is 0 Å². The molecule has 0 saturated carbocycles. The van der Waals surface area contributed by atoms with Crippen LogP contribution in [0, 0.1) is 6.92 Å². The number of rotatable bonds is 6. The number of hydrogen-bond acceptors (Lipinski definition) is 3. The van der Waals surface area contributed by atoms with Gasteiger partial charge in [-0.15, -0.1) is 11.3 Å². The highest BCUT2D eigenvalue weighted by molar-refractivity contribution is 7.14. The molecule has 2 aromatic rings. The van der Waals surface area contributed by atoms with E-state index in [2.05, 4.69) is 36.7 Å². The number of ether oxygens (including phenoxy) is 1. The van der Waals surface area contributed by atoms with E-state index < -0.39 is 0 Å². The van der Waals surface area contributed by atoms with Crippen LogP contribution in [0.4, 0.5) is 0 Å². The zero-order chi connectivity index (χ0) is 13.7. The molecule has 0 aliphatic carbocycles. The van der Waals surface area contributed by atoms with Gasteiger partial charge in [0, 0.05) is 11.4 Å². The highest BCUT2D eigenvalue weighted by Gasteiger charge is 2.09. The summed E-state index contributed by atoms with van der Waals surface area (Å²) < 4.78 is 5.20. The predicted molar refractivity (Wildman–Crippen MR) is 83.0 cm³/mol. The third-order valence-electron chi connectivity index (χ3n) is 3.24. The highest BCUT2D eigenvalue weighted by Crippen LogP contribution is 2.33. The Bertz CT molecular complexity index is 516. The Balaban J connectivity index is 2.15. The summed E-state index contributed by atoms with van der Waals surface area (Å²) in [6.45, 7) is 6.44. The average molecular weight is 275 g/mol. The lowest BCUT2D eigenvalue weighted by Gasteiger charge is -2.05. The zero-order valence-corrected chi connectivity index (χ0v) is 12.6. The number of hydrogen-bond donors (Lipinski definition) is 1. The second-order valence-electron chi connectivity index (χ2n) is 4.62. The van der Waals surface area contributed by atoms with Crippen LogP contribution in [0.5, 0.6) is 5.75 Å². The van der Waals surface area contributed by atoms with Crippen LogP contribution in [0.2, 0.25) is 0 Å². The molecule has 102 valence electrons. The summed E-state index contributed by atoms with van der Waals surface area (Å²) in [4.78, 5) is 1.36. The molecular weight excluding hydrogens is 254 g/mol. The molecule has 2 nitrogen and oxygen atoms in total. The van der Waals surface area contributed by atoms with Crippen LogP contribution in [-0.2, 0) is 6.54 Å². The maximum absolute atomic E-state index is 5.20. The molecule has 0 fully saturated rings. The van der Waals surface area contributed by atoms with Crippen molar-refractivity contribution in [3.05, 3.63) is 40.8 Å². The first-order valence-electron chi connectivity index (χ1n) is 6.68. The standard InChI is InChI=1S/C16H21NOS/c1-4-9-17-10-14-11-19-16(12(14)2)13-5-7-15(18-3)8-6-13/h5-8,11,17H,4,9-10H2,1-3H3. The van der Waals surface area contributed by atoms with E-state index in [1.807, 2.05) is 23.5 Å². The van der Waals surface area contributed by atoms with Crippen molar-refractivity contribution >= 4 is 11.3 Å². The fourth-order valence-corrected chi connectivity index (χ4v) is 3.15. The molecule has 0 bridgehead atoms. The number of methoxy groups -OCH3 is 1. The van der Waals surface area contributed by atoms with Crippen molar-refractivity contribution in [2.24, 2.45) is 0 Å². The maximum Gasteiger partial charge on any atom is 0.118 e. The topological polar surface area (TPSA) is 21.3 Å². The smallest absolute Gasteiger partial charge is 0.118 e. The largest absolute Gasteiger partial charge is 0.497 e. The molecule has 0 spiro atoms. The van der Waals surface area contributed by atoms with Crippen molar-refractivity contribution in [1.82, 2.24) is 5.32 Å². The molecule has 1 N–H and O–H groups in total. The van der Waals surface area contributed by atoms with Crippen LogP contribution < -0.4 is 10.1 Å². The minimum Gasteiger partial charge on any atom is -0.497 e. The quantitative estimate of drug-likeness (QED) is 0.797. The normalized spacial score (nSPS) is 10.7. The number of nitrogens with one attached hydrogen (secondary N) is 1. The summed E-state index contributed by atoms with van der Waals surface area (Å²) in [7, 11) is 1.70. The molecule has 3 heteroatoms. The molecule has 0 saturated heterocycles. The van der Waals surface area contributed by atoms with Crippen molar-refractivity contribution in [2.45, 2.75) is 26.8 Å². The molecule has 1 aromatic heterocycles. The number of thiophene rings is 1. The lowest BCUT2D eigenvalue weighted by molar-refractivity contribution is 0.415. The van der Waals surface area contributed by atoms with Crippen molar-refractivity contribution < 1.29 is 4.74 Å². The third-order valence-corrected chi connectivity index (χ3v) is 4.42. The van der Waals surface area contributed by atoms with Gasteiger partial charge in [-0.05, 0) is 66.2 Å². The van der Waals surface area contributed by atoms with Gasteiger partial charge < -0.3 is 10.1 Å². The Morgan fingerprint density at radius 1 is 1.21 bits per heavy atom. The van der Waals surface area contributed by atoms with E-state index in [1.165, 1.54) is 28.0 Å². The molecule has 0 atom stereocenters. The summed E-state index contributed by atoms with van der Waals surface area (Å²) >= 11 is 1.82. The molecule has 0 aliphatic rings. The van der Waals surface area contributed by atoms with Gasteiger partial charge in [-0.3, -0.25) is 0 Å². The van der Waals surface area contributed by atoms with Gasteiger partial charge in [0.2, 0.25) is 0 Å². The second-order valence-corrected chi connectivity index (χ2v) is 5.50. The van der Waals surface area contributed by atoms with Gasteiger partial charge in [-0.2, -0.15) is 0 Å². The minimum atomic E-state index is 0.905. The molecule has 0 radical (unpaired) electrons. The Kier molecular flexibility index (Phi) is 5.00. The first-order valence-corrected chi connectivity index (χ1v) is 7.56. The lowest BCUT2D eigenvalue weighted by Crippen LogP contribution is -2.13. The average Bonchev–Trinajstić information content (AvgIpc) is 2.81. The van der Waals surface area contributed by atoms with E-state index in [0.717, 1.165) is 18.8 Å². The first kappa shape index (κ1) is 14.1. The Hall–Kier alpha value is -1.32. The summed E-state index contributed by atoms with van der Waals surface area (Å²) in [6.07, 6.45) is 1.18. The van der Waals surface area contributed by atoms with Crippen LogP contribution >= 0.6 is 11.3 Å². The predicted octanol–water partition coefficient (Wildman–Crippen LogP) is 4.23. The van der Waals surface area contributed by atoms with E-state index in [9.17, 15) is 0 Å². The van der Waals surface area contributed by atoms with Gasteiger partial charge in [-0.1, -0.05) is 6.92 Å². The summed E-state index contributed by atoms with van der Waals surface area (Å²) in [5, 5.41) is 5.72. The van der Waals surface area contributed by atoms with Gasteiger partial charge >= 0.3 is 0 Å². The van der Waals surface area contributed by atoms with Crippen molar-refractivity contribution in [1.29, 1.82) is 0 Å². The molecule has 19 heavy (non-hydrogen) atoms. The van der Waals surface area contributed by atoms with Crippen LogP contribution in [-0.4, -0.2) is 13.7 Å². The van der Waals surface area contributed by atoms with Gasteiger partial charge in [-0.25, -0.2) is 0 Å². The van der Waals surface area contributed by atoms with Crippen molar-refractivity contribution in [3.63, 3.8) is 0 Å². The van der Waals surface area contributed by atoms with E-state index in [4.69, 9.17) is 4.74 Å². The van der Waals surface area contributed by atoms with E-state index in [0.29, 0.717) is 0 Å². The fraction of sp³-hybridized carbons (Fsp3) is 0.375.